The zero-order chi connectivity index (χ0) is 19.3. The summed E-state index contributed by atoms with van der Waals surface area (Å²) in [4.78, 5) is 17.1. The molecule has 0 bridgehead atoms. The lowest BCUT2D eigenvalue weighted by molar-refractivity contribution is 0.162. The third kappa shape index (κ3) is 4.05. The quantitative estimate of drug-likeness (QED) is 0.354. The van der Waals surface area contributed by atoms with Crippen LogP contribution in [-0.4, -0.2) is 6.09 Å². The van der Waals surface area contributed by atoms with Crippen LogP contribution >= 0.6 is 11.6 Å². The molecule has 0 spiro atoms. The zero-order valence-corrected chi connectivity index (χ0v) is 15.4. The number of halogens is 1. The molecule has 0 saturated carbocycles. The second-order valence-electron chi connectivity index (χ2n) is 5.96. The van der Waals surface area contributed by atoms with Gasteiger partial charge in [0.15, 0.2) is 0 Å². The van der Waals surface area contributed by atoms with Crippen molar-refractivity contribution in [3.05, 3.63) is 95.3 Å². The van der Waals surface area contributed by atoms with Crippen molar-refractivity contribution in [3.8, 4) is 11.3 Å². The van der Waals surface area contributed by atoms with Gasteiger partial charge in [-0.05, 0) is 36.4 Å². The minimum atomic E-state index is -0.701. The summed E-state index contributed by atoms with van der Waals surface area (Å²) >= 11 is 5.84. The van der Waals surface area contributed by atoms with E-state index < -0.39 is 6.09 Å². The molecule has 1 aromatic heterocycles. The number of nitrogens with zero attached hydrogens (tertiary/aromatic N) is 1. The molecule has 0 radical (unpaired) electrons. The fraction of sp³-hybridized carbons (Fsp3) is 0. The van der Waals surface area contributed by atoms with E-state index in [1.807, 2.05) is 54.6 Å². The van der Waals surface area contributed by atoms with Gasteiger partial charge in [-0.15, -0.1) is 0 Å². The summed E-state index contributed by atoms with van der Waals surface area (Å²) in [6, 6.07) is 25.5. The van der Waals surface area contributed by atoms with Crippen molar-refractivity contribution in [2.75, 3.05) is 5.32 Å². The van der Waals surface area contributed by atoms with Gasteiger partial charge >= 0.3 is 6.09 Å². The molecule has 4 aromatic rings. The number of hydrogen-bond donors (Lipinski definition) is 1. The van der Waals surface area contributed by atoms with Crippen LogP contribution in [-0.2, 0) is 4.84 Å². The Bertz CT molecular complexity index is 1190. The van der Waals surface area contributed by atoms with Gasteiger partial charge in [0, 0.05) is 27.7 Å². The van der Waals surface area contributed by atoms with Crippen LogP contribution in [0.25, 0.3) is 22.3 Å². The SMILES string of the molecule is O=C(Nc1ccc(Cl)cc1)ON=c1cc(-c2ccccc2)oc2ccccc12. The van der Waals surface area contributed by atoms with Crippen LogP contribution in [0.4, 0.5) is 10.5 Å². The van der Waals surface area contributed by atoms with E-state index in [0.717, 1.165) is 10.9 Å². The van der Waals surface area contributed by atoms with Crippen molar-refractivity contribution in [2.24, 2.45) is 5.16 Å². The lowest BCUT2D eigenvalue weighted by Gasteiger charge is -2.05. The van der Waals surface area contributed by atoms with E-state index >= 15 is 0 Å². The summed E-state index contributed by atoms with van der Waals surface area (Å²) in [6.07, 6.45) is -0.701. The maximum absolute atomic E-state index is 12.1. The summed E-state index contributed by atoms with van der Waals surface area (Å²) in [5, 5.41) is 8.44. The van der Waals surface area contributed by atoms with Crippen molar-refractivity contribution < 1.29 is 14.0 Å². The highest BCUT2D eigenvalue weighted by Crippen LogP contribution is 2.21. The van der Waals surface area contributed by atoms with Crippen molar-refractivity contribution in [1.29, 1.82) is 0 Å². The number of hydrogen-bond acceptors (Lipinski definition) is 4. The molecule has 1 N–H and O–H groups in total. The molecule has 1 heterocycles. The lowest BCUT2D eigenvalue weighted by Crippen LogP contribution is -2.13. The Kier molecular flexibility index (Phi) is 5.08. The number of nitrogens with one attached hydrogen (secondary N) is 1. The molecule has 0 aliphatic carbocycles. The summed E-state index contributed by atoms with van der Waals surface area (Å²) in [5.41, 5.74) is 2.10. The first-order chi connectivity index (χ1) is 13.7. The fourth-order valence-corrected chi connectivity index (χ4v) is 2.83. The molecule has 0 atom stereocenters. The summed E-state index contributed by atoms with van der Waals surface area (Å²) in [7, 11) is 0. The highest BCUT2D eigenvalue weighted by atomic mass is 35.5. The second kappa shape index (κ2) is 7.98. The number of carbonyl (C=O) groups excluding carboxylic acids is 1. The van der Waals surface area contributed by atoms with Gasteiger partial charge in [0.25, 0.3) is 0 Å². The summed E-state index contributed by atoms with van der Waals surface area (Å²) < 4.78 is 5.97. The molecule has 28 heavy (non-hydrogen) atoms. The average Bonchev–Trinajstić information content (AvgIpc) is 2.74. The second-order valence-corrected chi connectivity index (χ2v) is 6.40. The molecule has 1 amide bonds. The van der Waals surface area contributed by atoms with Crippen LogP contribution in [0.5, 0.6) is 0 Å². The molecule has 6 heteroatoms. The molecular weight excluding hydrogens is 376 g/mol. The maximum Gasteiger partial charge on any atom is 0.437 e. The van der Waals surface area contributed by atoms with E-state index in [0.29, 0.717) is 27.4 Å². The van der Waals surface area contributed by atoms with Gasteiger partial charge in [-0.2, -0.15) is 0 Å². The van der Waals surface area contributed by atoms with Gasteiger partial charge < -0.3 is 4.42 Å². The Balaban J connectivity index is 1.66. The third-order valence-electron chi connectivity index (χ3n) is 4.03. The Morgan fingerprint density at radius 3 is 2.43 bits per heavy atom. The molecular formula is C22H15ClN2O3. The van der Waals surface area contributed by atoms with E-state index in [4.69, 9.17) is 20.9 Å². The van der Waals surface area contributed by atoms with Crippen LogP contribution < -0.4 is 10.7 Å². The maximum atomic E-state index is 12.1. The first-order valence-electron chi connectivity index (χ1n) is 8.55. The molecule has 3 aromatic carbocycles. The first kappa shape index (κ1) is 17.8. The molecule has 0 unspecified atom stereocenters. The highest BCUT2D eigenvalue weighted by Gasteiger charge is 2.07. The minimum Gasteiger partial charge on any atom is -0.456 e. The lowest BCUT2D eigenvalue weighted by atomic mass is 10.1. The number of anilines is 1. The zero-order valence-electron chi connectivity index (χ0n) is 14.6. The number of carbonyl (C=O) groups is 1. The Morgan fingerprint density at radius 1 is 0.929 bits per heavy atom. The van der Waals surface area contributed by atoms with E-state index in [1.165, 1.54) is 0 Å². The Labute approximate surface area is 165 Å². The predicted octanol–water partition coefficient (Wildman–Crippen LogP) is 5.82. The minimum absolute atomic E-state index is 0.493. The number of amides is 1. The van der Waals surface area contributed by atoms with Crippen LogP contribution in [0, 0.1) is 0 Å². The molecule has 0 aliphatic rings. The van der Waals surface area contributed by atoms with E-state index in [1.54, 1.807) is 30.3 Å². The third-order valence-corrected chi connectivity index (χ3v) is 4.28. The molecule has 0 fully saturated rings. The monoisotopic (exact) mass is 390 g/mol. The van der Waals surface area contributed by atoms with E-state index in [2.05, 4.69) is 10.5 Å². The number of rotatable bonds is 3. The van der Waals surface area contributed by atoms with Gasteiger partial charge in [-0.1, -0.05) is 59.2 Å². The predicted molar refractivity (Wildman–Crippen MR) is 109 cm³/mol. The van der Waals surface area contributed by atoms with Crippen molar-refractivity contribution in [3.63, 3.8) is 0 Å². The topological polar surface area (TPSA) is 63.8 Å². The highest BCUT2D eigenvalue weighted by molar-refractivity contribution is 6.30. The van der Waals surface area contributed by atoms with E-state index in [9.17, 15) is 4.79 Å². The Hall–Kier alpha value is -3.57. The van der Waals surface area contributed by atoms with Crippen molar-refractivity contribution in [1.82, 2.24) is 0 Å². The smallest absolute Gasteiger partial charge is 0.437 e. The van der Waals surface area contributed by atoms with Gasteiger partial charge in [-0.3, -0.25) is 10.2 Å². The van der Waals surface area contributed by atoms with Gasteiger partial charge in [0.2, 0.25) is 0 Å². The standard InChI is InChI=1S/C22H15ClN2O3/c23-16-10-12-17(13-11-16)24-22(26)28-25-19-14-21(15-6-2-1-3-7-15)27-20-9-5-4-8-18(19)20/h1-14H,(H,24,26). The largest absolute Gasteiger partial charge is 0.456 e. The number of benzene rings is 3. The normalized spacial score (nSPS) is 11.4. The summed E-state index contributed by atoms with van der Waals surface area (Å²) in [5.74, 6) is 0.625. The molecule has 4 rings (SSSR count). The van der Waals surface area contributed by atoms with Gasteiger partial charge in [-0.25, -0.2) is 4.79 Å². The van der Waals surface area contributed by atoms with Crippen molar-refractivity contribution in [2.45, 2.75) is 0 Å². The Morgan fingerprint density at radius 2 is 1.64 bits per heavy atom. The fourth-order valence-electron chi connectivity index (χ4n) is 2.70. The van der Waals surface area contributed by atoms with Crippen LogP contribution in [0.15, 0.2) is 94.5 Å². The van der Waals surface area contributed by atoms with Gasteiger partial charge in [0.1, 0.15) is 16.7 Å². The van der Waals surface area contributed by atoms with Crippen LogP contribution in [0.3, 0.4) is 0 Å². The van der Waals surface area contributed by atoms with Gasteiger partial charge in [0.05, 0.1) is 0 Å². The molecule has 0 aliphatic heterocycles. The van der Waals surface area contributed by atoms with Crippen LogP contribution in [0.1, 0.15) is 0 Å². The average molecular weight is 391 g/mol. The number of fused-ring (bicyclic) bond motifs is 1. The number of para-hydroxylation sites is 1. The van der Waals surface area contributed by atoms with Crippen molar-refractivity contribution >= 4 is 34.4 Å². The molecule has 138 valence electrons. The molecule has 0 saturated heterocycles. The van der Waals surface area contributed by atoms with Crippen LogP contribution in [0.2, 0.25) is 5.02 Å². The molecule has 5 nitrogen and oxygen atoms in total. The summed E-state index contributed by atoms with van der Waals surface area (Å²) in [6.45, 7) is 0. The van der Waals surface area contributed by atoms with E-state index in [-0.39, 0.29) is 0 Å². The first-order valence-corrected chi connectivity index (χ1v) is 8.93.